The summed E-state index contributed by atoms with van der Waals surface area (Å²) in [5.41, 5.74) is 2.01. The summed E-state index contributed by atoms with van der Waals surface area (Å²) in [5, 5.41) is 15.3. The number of carbonyl (C=O) groups is 2. The van der Waals surface area contributed by atoms with E-state index in [1.54, 1.807) is 10.9 Å². The van der Waals surface area contributed by atoms with Crippen LogP contribution in [-0.2, 0) is 27.4 Å². The van der Waals surface area contributed by atoms with Crippen molar-refractivity contribution in [3.63, 3.8) is 0 Å². The van der Waals surface area contributed by atoms with Gasteiger partial charge in [0.2, 0.25) is 5.91 Å². The van der Waals surface area contributed by atoms with E-state index in [2.05, 4.69) is 10.4 Å². The minimum Gasteiger partial charge on any atom is -0.480 e. The molecule has 0 saturated heterocycles. The van der Waals surface area contributed by atoms with E-state index in [0.717, 1.165) is 11.1 Å². The van der Waals surface area contributed by atoms with E-state index in [1.807, 2.05) is 36.5 Å². The standard InChI is InChI=1S/C15H17N3O4/c19-14(10-22-11-15(20)21)16-6-13-7-17-18(9-13)8-12-4-2-1-3-5-12/h1-5,7,9H,6,8,10-11H2,(H,16,19)(H,20,21). The fourth-order valence-corrected chi connectivity index (χ4v) is 1.84. The summed E-state index contributed by atoms with van der Waals surface area (Å²) in [6, 6.07) is 9.93. The number of benzene rings is 1. The highest BCUT2D eigenvalue weighted by Crippen LogP contribution is 2.03. The first kappa shape index (κ1) is 15.7. The third-order valence-electron chi connectivity index (χ3n) is 2.82. The summed E-state index contributed by atoms with van der Waals surface area (Å²) in [5.74, 6) is -1.47. The lowest BCUT2D eigenvalue weighted by molar-refractivity contribution is -0.143. The molecule has 0 aliphatic heterocycles. The number of nitrogens with one attached hydrogen (secondary N) is 1. The smallest absolute Gasteiger partial charge is 0.329 e. The summed E-state index contributed by atoms with van der Waals surface area (Å²) < 4.78 is 6.49. The molecule has 0 bridgehead atoms. The maximum Gasteiger partial charge on any atom is 0.329 e. The Morgan fingerprint density at radius 2 is 1.95 bits per heavy atom. The van der Waals surface area contributed by atoms with Gasteiger partial charge in [0.05, 0.1) is 12.7 Å². The Bertz CT molecular complexity index is 625. The third kappa shape index (κ3) is 5.37. The van der Waals surface area contributed by atoms with Crippen LogP contribution in [0.1, 0.15) is 11.1 Å². The monoisotopic (exact) mass is 303 g/mol. The number of hydrogen-bond acceptors (Lipinski definition) is 4. The summed E-state index contributed by atoms with van der Waals surface area (Å²) in [6.07, 6.45) is 3.53. The molecular formula is C15H17N3O4. The van der Waals surface area contributed by atoms with E-state index in [1.165, 1.54) is 0 Å². The Hall–Kier alpha value is -2.67. The molecule has 0 saturated carbocycles. The van der Waals surface area contributed by atoms with Gasteiger partial charge >= 0.3 is 5.97 Å². The van der Waals surface area contributed by atoms with Crippen molar-refractivity contribution in [2.24, 2.45) is 0 Å². The highest BCUT2D eigenvalue weighted by Gasteiger charge is 2.05. The molecule has 116 valence electrons. The molecule has 0 aliphatic rings. The minimum absolute atomic E-state index is 0.273. The van der Waals surface area contributed by atoms with Crippen LogP contribution in [0.15, 0.2) is 42.7 Å². The molecule has 0 fully saturated rings. The fourth-order valence-electron chi connectivity index (χ4n) is 1.84. The van der Waals surface area contributed by atoms with Crippen LogP contribution in [0.25, 0.3) is 0 Å². The second-order valence-electron chi connectivity index (χ2n) is 4.70. The number of aliphatic carboxylic acids is 1. The summed E-state index contributed by atoms with van der Waals surface area (Å²) >= 11 is 0. The lowest BCUT2D eigenvalue weighted by Crippen LogP contribution is -2.28. The first-order chi connectivity index (χ1) is 10.6. The minimum atomic E-state index is -1.10. The van der Waals surface area contributed by atoms with Gasteiger partial charge in [-0.1, -0.05) is 30.3 Å². The predicted molar refractivity (Wildman–Crippen MR) is 78.1 cm³/mol. The Balaban J connectivity index is 1.75. The van der Waals surface area contributed by atoms with Crippen molar-refractivity contribution >= 4 is 11.9 Å². The molecule has 2 N–H and O–H groups in total. The molecule has 2 aromatic rings. The van der Waals surface area contributed by atoms with Crippen LogP contribution >= 0.6 is 0 Å². The lowest BCUT2D eigenvalue weighted by Gasteiger charge is -2.03. The SMILES string of the molecule is O=C(O)COCC(=O)NCc1cnn(Cc2ccccc2)c1. The molecule has 0 spiro atoms. The van der Waals surface area contributed by atoms with E-state index < -0.39 is 12.6 Å². The first-order valence-electron chi connectivity index (χ1n) is 6.75. The number of rotatable bonds is 8. The maximum atomic E-state index is 11.4. The zero-order valence-electron chi connectivity index (χ0n) is 11.9. The number of nitrogens with zero attached hydrogens (tertiary/aromatic N) is 2. The number of carboxylic acid groups (broad SMARTS) is 1. The first-order valence-corrected chi connectivity index (χ1v) is 6.75. The molecule has 7 heteroatoms. The highest BCUT2D eigenvalue weighted by atomic mass is 16.5. The van der Waals surface area contributed by atoms with Crippen molar-refractivity contribution in [1.29, 1.82) is 0 Å². The van der Waals surface area contributed by atoms with Gasteiger partial charge in [-0.15, -0.1) is 0 Å². The molecule has 1 heterocycles. The van der Waals surface area contributed by atoms with Gasteiger partial charge in [-0.05, 0) is 5.56 Å². The quantitative estimate of drug-likeness (QED) is 0.747. The van der Waals surface area contributed by atoms with Crippen LogP contribution in [0.2, 0.25) is 0 Å². The van der Waals surface area contributed by atoms with E-state index >= 15 is 0 Å². The highest BCUT2D eigenvalue weighted by molar-refractivity contribution is 5.77. The Labute approximate surface area is 127 Å². The largest absolute Gasteiger partial charge is 0.480 e. The van der Waals surface area contributed by atoms with Gasteiger partial charge in [0.15, 0.2) is 0 Å². The molecule has 0 radical (unpaired) electrons. The molecular weight excluding hydrogens is 286 g/mol. The summed E-state index contributed by atoms with van der Waals surface area (Å²) in [4.78, 5) is 21.7. The van der Waals surface area contributed by atoms with Gasteiger partial charge in [0.1, 0.15) is 13.2 Å². The normalized spacial score (nSPS) is 10.4. The topological polar surface area (TPSA) is 93.4 Å². The van der Waals surface area contributed by atoms with Gasteiger partial charge in [0, 0.05) is 18.3 Å². The lowest BCUT2D eigenvalue weighted by atomic mass is 10.2. The van der Waals surface area contributed by atoms with Crippen molar-refractivity contribution in [1.82, 2.24) is 15.1 Å². The maximum absolute atomic E-state index is 11.4. The Kier molecular flexibility index (Phi) is 5.67. The fraction of sp³-hybridized carbons (Fsp3) is 0.267. The average Bonchev–Trinajstić information content (AvgIpc) is 2.93. The zero-order valence-corrected chi connectivity index (χ0v) is 11.9. The van der Waals surface area contributed by atoms with Gasteiger partial charge < -0.3 is 15.2 Å². The van der Waals surface area contributed by atoms with Crippen LogP contribution in [0.4, 0.5) is 0 Å². The molecule has 1 amide bonds. The number of amides is 1. The summed E-state index contributed by atoms with van der Waals surface area (Å²) in [6.45, 7) is 0.230. The molecule has 0 atom stereocenters. The molecule has 2 rings (SSSR count). The number of carboxylic acids is 1. The van der Waals surface area contributed by atoms with Gasteiger partial charge in [-0.3, -0.25) is 9.48 Å². The van der Waals surface area contributed by atoms with E-state index in [9.17, 15) is 9.59 Å². The number of hydrogen-bond donors (Lipinski definition) is 2. The predicted octanol–water partition coefficient (Wildman–Crippen LogP) is 0.649. The second-order valence-corrected chi connectivity index (χ2v) is 4.70. The van der Waals surface area contributed by atoms with Gasteiger partial charge in [-0.2, -0.15) is 5.10 Å². The van der Waals surface area contributed by atoms with Crippen LogP contribution in [-0.4, -0.2) is 40.0 Å². The van der Waals surface area contributed by atoms with Crippen molar-refractivity contribution in [3.05, 3.63) is 53.9 Å². The van der Waals surface area contributed by atoms with Gasteiger partial charge in [0.25, 0.3) is 0 Å². The van der Waals surface area contributed by atoms with Crippen molar-refractivity contribution in [3.8, 4) is 0 Å². The van der Waals surface area contributed by atoms with E-state index in [0.29, 0.717) is 13.1 Å². The Morgan fingerprint density at radius 1 is 1.18 bits per heavy atom. The Morgan fingerprint density at radius 3 is 2.68 bits per heavy atom. The van der Waals surface area contributed by atoms with E-state index in [4.69, 9.17) is 9.84 Å². The van der Waals surface area contributed by atoms with Crippen LogP contribution in [0.3, 0.4) is 0 Å². The van der Waals surface area contributed by atoms with Crippen molar-refractivity contribution in [2.45, 2.75) is 13.1 Å². The van der Waals surface area contributed by atoms with Crippen LogP contribution in [0.5, 0.6) is 0 Å². The molecule has 0 aliphatic carbocycles. The second kappa shape index (κ2) is 7.94. The number of aromatic nitrogens is 2. The average molecular weight is 303 g/mol. The molecule has 1 aromatic carbocycles. The van der Waals surface area contributed by atoms with Crippen LogP contribution in [0, 0.1) is 0 Å². The molecule has 0 unspecified atom stereocenters. The zero-order chi connectivity index (χ0) is 15.8. The third-order valence-corrected chi connectivity index (χ3v) is 2.82. The molecule has 22 heavy (non-hydrogen) atoms. The summed E-state index contributed by atoms with van der Waals surface area (Å²) in [7, 11) is 0. The van der Waals surface area contributed by atoms with Gasteiger partial charge in [-0.25, -0.2) is 4.79 Å². The van der Waals surface area contributed by atoms with Crippen molar-refractivity contribution < 1.29 is 19.4 Å². The molecule has 7 nitrogen and oxygen atoms in total. The van der Waals surface area contributed by atoms with E-state index in [-0.39, 0.29) is 12.5 Å². The molecule has 1 aromatic heterocycles. The number of ether oxygens (including phenoxy) is 1. The van der Waals surface area contributed by atoms with Crippen molar-refractivity contribution in [2.75, 3.05) is 13.2 Å². The number of carbonyl (C=O) groups excluding carboxylic acids is 1. The van der Waals surface area contributed by atoms with Crippen LogP contribution < -0.4 is 5.32 Å².